The number of aryl methyl sites for hydroxylation is 1. The van der Waals surface area contributed by atoms with Crippen LogP contribution in [0.15, 0.2) is 79.0 Å². The van der Waals surface area contributed by atoms with E-state index in [-0.39, 0.29) is 11.8 Å². The van der Waals surface area contributed by atoms with E-state index in [4.69, 9.17) is 21.1 Å². The summed E-state index contributed by atoms with van der Waals surface area (Å²) in [7, 11) is 2.05. The third-order valence-corrected chi connectivity index (χ3v) is 6.61. The summed E-state index contributed by atoms with van der Waals surface area (Å²) in [6, 6.07) is 23.7. The van der Waals surface area contributed by atoms with Crippen molar-refractivity contribution in [2.75, 3.05) is 26.3 Å². The lowest BCUT2D eigenvalue weighted by atomic mass is 9.87. The number of benzene rings is 3. The molecule has 5 rings (SSSR count). The third kappa shape index (κ3) is 4.81. The van der Waals surface area contributed by atoms with Gasteiger partial charge >= 0.3 is 0 Å². The molecule has 1 amide bonds. The molecule has 1 unspecified atom stereocenters. The van der Waals surface area contributed by atoms with E-state index in [2.05, 4.69) is 29.0 Å². The molecule has 0 saturated carbocycles. The second-order valence-corrected chi connectivity index (χ2v) is 9.03. The maximum absolute atomic E-state index is 13.3. The molecule has 1 aliphatic heterocycles. The number of carbonyl (C=O) groups is 1. The summed E-state index contributed by atoms with van der Waals surface area (Å²) >= 11 is 6.01. The van der Waals surface area contributed by atoms with Crippen LogP contribution in [-0.2, 0) is 16.6 Å². The molecular weight excluding hydrogens is 448 g/mol. The highest BCUT2D eigenvalue weighted by Crippen LogP contribution is 2.37. The summed E-state index contributed by atoms with van der Waals surface area (Å²) in [6.45, 7) is 2.46. The maximum Gasteiger partial charge on any atom is 0.223 e. The van der Waals surface area contributed by atoms with Crippen molar-refractivity contribution in [3.63, 3.8) is 0 Å². The van der Waals surface area contributed by atoms with Gasteiger partial charge in [0, 0.05) is 54.6 Å². The van der Waals surface area contributed by atoms with Gasteiger partial charge in [-0.15, -0.1) is 0 Å². The van der Waals surface area contributed by atoms with Crippen molar-refractivity contribution in [2.45, 2.75) is 12.3 Å². The average molecular weight is 475 g/mol. The Hall–Kier alpha value is -3.28. The minimum absolute atomic E-state index is 0.102. The number of carbonyl (C=O) groups excluding carboxylic acids is 1. The quantitative estimate of drug-likeness (QED) is 0.344. The number of fused-ring (bicyclic) bond motifs is 1. The Morgan fingerprint density at radius 3 is 2.56 bits per heavy atom. The minimum atomic E-state index is -0.102. The van der Waals surface area contributed by atoms with Crippen molar-refractivity contribution in [3.8, 4) is 11.5 Å². The molecule has 1 saturated heterocycles. The Bertz CT molecular complexity index is 1290. The number of aromatic nitrogens is 1. The smallest absolute Gasteiger partial charge is 0.223 e. The lowest BCUT2D eigenvalue weighted by Crippen LogP contribution is -2.41. The Morgan fingerprint density at radius 2 is 1.76 bits per heavy atom. The normalized spacial score (nSPS) is 14.8. The van der Waals surface area contributed by atoms with E-state index in [9.17, 15) is 4.79 Å². The molecule has 0 spiro atoms. The second kappa shape index (κ2) is 9.92. The van der Waals surface area contributed by atoms with Gasteiger partial charge in [-0.05, 0) is 53.6 Å². The molecule has 5 nitrogen and oxygen atoms in total. The standard InChI is InChI=1S/C28H27ClN2O3/c1-30-19-26(24-7-2-3-8-27(24)30)25(18-28(32)31-13-15-33-16-14-31)20-5-4-6-23(17-20)34-22-11-9-21(29)10-12-22/h2-12,17,19,25H,13-16,18H2,1H3. The highest BCUT2D eigenvalue weighted by Gasteiger charge is 2.26. The van der Waals surface area contributed by atoms with Gasteiger partial charge in [0.2, 0.25) is 5.91 Å². The van der Waals surface area contributed by atoms with Crippen LogP contribution in [0.2, 0.25) is 5.02 Å². The van der Waals surface area contributed by atoms with Gasteiger partial charge in [0.05, 0.1) is 13.2 Å². The van der Waals surface area contributed by atoms with E-state index in [1.54, 1.807) is 12.1 Å². The molecule has 3 aromatic carbocycles. The maximum atomic E-state index is 13.3. The number of rotatable bonds is 6. The van der Waals surface area contributed by atoms with E-state index >= 15 is 0 Å². The van der Waals surface area contributed by atoms with E-state index in [1.165, 1.54) is 0 Å². The van der Waals surface area contributed by atoms with Gasteiger partial charge in [0.15, 0.2) is 0 Å². The Kier molecular flexibility index (Phi) is 6.57. The van der Waals surface area contributed by atoms with E-state index in [0.29, 0.717) is 43.5 Å². The zero-order valence-electron chi connectivity index (χ0n) is 19.1. The predicted octanol–water partition coefficient (Wildman–Crippen LogP) is 6.00. The molecule has 4 aromatic rings. The van der Waals surface area contributed by atoms with E-state index in [1.807, 2.05) is 54.4 Å². The van der Waals surface area contributed by atoms with Crippen molar-refractivity contribution >= 4 is 28.4 Å². The fourth-order valence-corrected chi connectivity index (χ4v) is 4.73. The molecule has 0 bridgehead atoms. The Labute approximate surface area is 204 Å². The number of nitrogens with zero attached hydrogens (tertiary/aromatic N) is 2. The van der Waals surface area contributed by atoms with Crippen LogP contribution < -0.4 is 4.74 Å². The van der Waals surface area contributed by atoms with Crippen molar-refractivity contribution in [1.82, 2.24) is 9.47 Å². The van der Waals surface area contributed by atoms with Crippen LogP contribution >= 0.6 is 11.6 Å². The molecule has 174 valence electrons. The van der Waals surface area contributed by atoms with Crippen LogP contribution in [0.25, 0.3) is 10.9 Å². The molecule has 1 aliphatic rings. The zero-order valence-corrected chi connectivity index (χ0v) is 19.9. The summed E-state index contributed by atoms with van der Waals surface area (Å²) in [5.41, 5.74) is 3.34. The predicted molar refractivity (Wildman–Crippen MR) is 135 cm³/mol. The number of hydrogen-bond acceptors (Lipinski definition) is 3. The largest absolute Gasteiger partial charge is 0.457 e. The Morgan fingerprint density at radius 1 is 1.00 bits per heavy atom. The van der Waals surface area contributed by atoms with Gasteiger partial charge in [-0.25, -0.2) is 0 Å². The van der Waals surface area contributed by atoms with Crippen molar-refractivity contribution in [1.29, 1.82) is 0 Å². The number of morpholine rings is 1. The van der Waals surface area contributed by atoms with Gasteiger partial charge in [-0.2, -0.15) is 0 Å². The molecule has 0 aliphatic carbocycles. The minimum Gasteiger partial charge on any atom is -0.457 e. The van der Waals surface area contributed by atoms with Gasteiger partial charge in [0.25, 0.3) is 0 Å². The first kappa shape index (κ1) is 22.5. The Balaban J connectivity index is 1.51. The first-order valence-corrected chi connectivity index (χ1v) is 11.9. The van der Waals surface area contributed by atoms with Gasteiger partial charge in [-0.3, -0.25) is 4.79 Å². The zero-order chi connectivity index (χ0) is 23.5. The summed E-state index contributed by atoms with van der Waals surface area (Å²) in [5.74, 6) is 1.48. The number of amides is 1. The molecule has 34 heavy (non-hydrogen) atoms. The van der Waals surface area contributed by atoms with E-state index in [0.717, 1.165) is 27.8 Å². The van der Waals surface area contributed by atoms with Crippen molar-refractivity contribution < 1.29 is 14.3 Å². The van der Waals surface area contributed by atoms with Crippen LogP contribution in [0.5, 0.6) is 11.5 Å². The molecule has 1 fully saturated rings. The summed E-state index contributed by atoms with van der Waals surface area (Å²) in [6.07, 6.45) is 2.53. The SMILES string of the molecule is Cn1cc(C(CC(=O)N2CCOCC2)c2cccc(Oc3ccc(Cl)cc3)c2)c2ccccc21. The first-order valence-electron chi connectivity index (χ1n) is 11.5. The van der Waals surface area contributed by atoms with Gasteiger partial charge in [-0.1, -0.05) is 41.9 Å². The molecule has 6 heteroatoms. The number of para-hydroxylation sites is 1. The fourth-order valence-electron chi connectivity index (χ4n) is 4.61. The summed E-state index contributed by atoms with van der Waals surface area (Å²) in [4.78, 5) is 15.2. The third-order valence-electron chi connectivity index (χ3n) is 6.36. The molecule has 0 radical (unpaired) electrons. The topological polar surface area (TPSA) is 43.7 Å². The number of hydrogen-bond donors (Lipinski definition) is 0. The van der Waals surface area contributed by atoms with Crippen LogP contribution in [-0.4, -0.2) is 41.7 Å². The van der Waals surface area contributed by atoms with Crippen LogP contribution in [0.1, 0.15) is 23.5 Å². The van der Waals surface area contributed by atoms with Gasteiger partial charge in [0.1, 0.15) is 11.5 Å². The molecule has 0 N–H and O–H groups in total. The molecule has 1 aromatic heterocycles. The number of ether oxygens (including phenoxy) is 2. The average Bonchev–Trinajstić information content (AvgIpc) is 3.21. The molecular formula is C28H27ClN2O3. The first-order chi connectivity index (χ1) is 16.6. The van der Waals surface area contributed by atoms with Crippen LogP contribution in [0.3, 0.4) is 0 Å². The van der Waals surface area contributed by atoms with Crippen molar-refractivity contribution in [2.24, 2.45) is 7.05 Å². The van der Waals surface area contributed by atoms with Crippen LogP contribution in [0, 0.1) is 0 Å². The summed E-state index contributed by atoms with van der Waals surface area (Å²) < 4.78 is 13.7. The van der Waals surface area contributed by atoms with E-state index < -0.39 is 0 Å². The number of halogens is 1. The fraction of sp³-hybridized carbons (Fsp3) is 0.250. The lowest BCUT2D eigenvalue weighted by molar-refractivity contribution is -0.135. The van der Waals surface area contributed by atoms with Gasteiger partial charge < -0.3 is 18.9 Å². The second-order valence-electron chi connectivity index (χ2n) is 8.59. The highest BCUT2D eigenvalue weighted by atomic mass is 35.5. The lowest BCUT2D eigenvalue weighted by Gasteiger charge is -2.29. The molecule has 1 atom stereocenters. The monoisotopic (exact) mass is 474 g/mol. The molecule has 2 heterocycles. The highest BCUT2D eigenvalue weighted by molar-refractivity contribution is 6.30. The van der Waals surface area contributed by atoms with Crippen LogP contribution in [0.4, 0.5) is 0 Å². The summed E-state index contributed by atoms with van der Waals surface area (Å²) in [5, 5.41) is 1.83. The van der Waals surface area contributed by atoms with Crippen molar-refractivity contribution in [3.05, 3.63) is 95.1 Å².